The Kier molecular flexibility index (Phi) is 5.43. The molecule has 0 saturated carbocycles. The van der Waals surface area contributed by atoms with Gasteiger partial charge in [0.15, 0.2) is 5.65 Å². The van der Waals surface area contributed by atoms with Crippen LogP contribution in [0.3, 0.4) is 0 Å². The van der Waals surface area contributed by atoms with Crippen LogP contribution in [0.25, 0.3) is 5.65 Å². The molecule has 28 heavy (non-hydrogen) atoms. The van der Waals surface area contributed by atoms with Gasteiger partial charge in [-0.05, 0) is 25.5 Å². The van der Waals surface area contributed by atoms with Crippen molar-refractivity contribution in [1.82, 2.24) is 24.6 Å². The smallest absolute Gasteiger partial charge is 0.347 e. The highest BCUT2D eigenvalue weighted by Gasteiger charge is 2.31. The third kappa shape index (κ3) is 4.35. The maximum Gasteiger partial charge on any atom is 0.405 e. The van der Waals surface area contributed by atoms with Gasteiger partial charge in [-0.1, -0.05) is 6.92 Å². The van der Waals surface area contributed by atoms with Gasteiger partial charge in [0.1, 0.15) is 30.1 Å². The summed E-state index contributed by atoms with van der Waals surface area (Å²) in [7, 11) is 0. The van der Waals surface area contributed by atoms with Crippen molar-refractivity contribution in [3.05, 3.63) is 42.1 Å². The number of nitrogens with one attached hydrogen (secondary N) is 1. The van der Waals surface area contributed by atoms with Gasteiger partial charge in [0.05, 0.1) is 5.69 Å². The minimum atomic E-state index is -4.37. The van der Waals surface area contributed by atoms with E-state index in [0.29, 0.717) is 17.9 Å². The van der Waals surface area contributed by atoms with Gasteiger partial charge >= 0.3 is 6.18 Å². The molecule has 3 aromatic heterocycles. The van der Waals surface area contributed by atoms with E-state index in [4.69, 9.17) is 0 Å². The number of hydrogen-bond acceptors (Lipinski definition) is 6. The Hall–Kier alpha value is -3.24. The summed E-state index contributed by atoms with van der Waals surface area (Å²) in [4.78, 5) is 25.8. The van der Waals surface area contributed by atoms with Crippen LogP contribution in [0, 0.1) is 6.92 Å². The summed E-state index contributed by atoms with van der Waals surface area (Å²) in [5.41, 5.74) is 0.739. The van der Waals surface area contributed by atoms with Gasteiger partial charge in [-0.15, -0.1) is 0 Å². The van der Waals surface area contributed by atoms with E-state index in [-0.39, 0.29) is 23.6 Å². The number of carbonyl (C=O) groups excluding carboxylic acids is 1. The summed E-state index contributed by atoms with van der Waals surface area (Å²) in [5, 5.41) is 6.83. The van der Waals surface area contributed by atoms with Crippen LogP contribution in [0.4, 0.5) is 24.8 Å². The summed E-state index contributed by atoms with van der Waals surface area (Å²) in [6, 6.07) is 2.97. The van der Waals surface area contributed by atoms with Crippen LogP contribution < -0.4 is 10.2 Å². The lowest BCUT2D eigenvalue weighted by atomic mass is 10.2. The monoisotopic (exact) mass is 393 g/mol. The number of fused-ring (bicyclic) bond motifs is 1. The van der Waals surface area contributed by atoms with E-state index in [9.17, 15) is 18.0 Å². The number of anilines is 2. The topological polar surface area (TPSA) is 88.3 Å². The van der Waals surface area contributed by atoms with E-state index in [1.165, 1.54) is 35.4 Å². The van der Waals surface area contributed by atoms with Gasteiger partial charge in [-0.25, -0.2) is 19.5 Å². The fourth-order valence-electron chi connectivity index (χ4n) is 2.78. The summed E-state index contributed by atoms with van der Waals surface area (Å²) < 4.78 is 40.1. The highest BCUT2D eigenvalue weighted by molar-refractivity contribution is 6.08. The second-order valence-electron chi connectivity index (χ2n) is 6.10. The van der Waals surface area contributed by atoms with Crippen LogP contribution in [0.5, 0.6) is 0 Å². The summed E-state index contributed by atoms with van der Waals surface area (Å²) in [6.45, 7) is 2.46. The van der Waals surface area contributed by atoms with Crippen molar-refractivity contribution >= 4 is 23.2 Å². The molecule has 0 aliphatic carbocycles. The van der Waals surface area contributed by atoms with Crippen LogP contribution in [0.15, 0.2) is 30.9 Å². The average molecular weight is 393 g/mol. The van der Waals surface area contributed by atoms with Crippen molar-refractivity contribution in [3.8, 4) is 0 Å². The number of halogens is 3. The zero-order chi connectivity index (χ0) is 20.3. The molecule has 1 amide bonds. The number of hydrogen-bond donors (Lipinski definition) is 1. The largest absolute Gasteiger partial charge is 0.405 e. The van der Waals surface area contributed by atoms with E-state index >= 15 is 0 Å². The molecule has 0 bridgehead atoms. The highest BCUT2D eigenvalue weighted by Crippen LogP contribution is 2.23. The Morgan fingerprint density at radius 3 is 2.75 bits per heavy atom. The molecule has 0 spiro atoms. The zero-order valence-corrected chi connectivity index (χ0v) is 15.2. The van der Waals surface area contributed by atoms with Crippen molar-refractivity contribution in [3.63, 3.8) is 0 Å². The molecule has 3 rings (SSSR count). The predicted molar refractivity (Wildman–Crippen MR) is 96.3 cm³/mol. The number of aryl methyl sites for hydroxylation is 1. The summed E-state index contributed by atoms with van der Waals surface area (Å²) >= 11 is 0. The zero-order valence-electron chi connectivity index (χ0n) is 15.2. The Bertz CT molecular complexity index is 972. The standard InChI is InChI=1S/C17H18F3N7O/c1-3-7-26(9-17(18,19)20)13-5-8-27-15(24-13)14(11(2)25-27)16(28)23-12-4-6-21-10-22-12/h4-6,8,10H,3,7,9H2,1-2H3,(H,21,22,23,28). The molecule has 0 aromatic carbocycles. The highest BCUT2D eigenvalue weighted by atomic mass is 19.4. The molecular weight excluding hydrogens is 375 g/mol. The van der Waals surface area contributed by atoms with Crippen molar-refractivity contribution in [2.75, 3.05) is 23.3 Å². The Labute approximate surface area is 158 Å². The van der Waals surface area contributed by atoms with E-state index < -0.39 is 18.6 Å². The molecule has 0 radical (unpaired) electrons. The van der Waals surface area contributed by atoms with Gasteiger partial charge < -0.3 is 10.2 Å². The molecule has 0 aliphatic rings. The van der Waals surface area contributed by atoms with Crippen molar-refractivity contribution < 1.29 is 18.0 Å². The summed E-state index contributed by atoms with van der Waals surface area (Å²) in [6.07, 6.45) is 0.399. The molecule has 0 aliphatic heterocycles. The minimum Gasteiger partial charge on any atom is -0.347 e. The van der Waals surface area contributed by atoms with E-state index in [1.54, 1.807) is 13.8 Å². The quantitative estimate of drug-likeness (QED) is 0.693. The molecule has 11 heteroatoms. The maximum absolute atomic E-state index is 12.9. The number of aromatic nitrogens is 5. The average Bonchev–Trinajstić information content (AvgIpc) is 2.96. The first-order chi connectivity index (χ1) is 13.3. The third-order valence-electron chi connectivity index (χ3n) is 3.88. The number of nitrogens with zero attached hydrogens (tertiary/aromatic N) is 6. The molecule has 3 heterocycles. The first kappa shape index (κ1) is 19.5. The normalized spacial score (nSPS) is 11.6. The Balaban J connectivity index is 1.98. The van der Waals surface area contributed by atoms with Crippen molar-refractivity contribution in [1.29, 1.82) is 0 Å². The molecular formula is C17H18F3N7O. The number of rotatable bonds is 6. The number of amides is 1. The predicted octanol–water partition coefficient (Wildman–Crippen LogP) is 2.86. The van der Waals surface area contributed by atoms with Gasteiger partial charge in [-0.3, -0.25) is 4.79 Å². The second kappa shape index (κ2) is 7.79. The molecule has 8 nitrogen and oxygen atoms in total. The van der Waals surface area contributed by atoms with E-state index in [1.807, 2.05) is 0 Å². The van der Waals surface area contributed by atoms with Gasteiger partial charge in [0, 0.05) is 18.9 Å². The Morgan fingerprint density at radius 1 is 1.32 bits per heavy atom. The fourth-order valence-corrected chi connectivity index (χ4v) is 2.78. The van der Waals surface area contributed by atoms with E-state index in [2.05, 4.69) is 25.4 Å². The van der Waals surface area contributed by atoms with Crippen LogP contribution in [0.2, 0.25) is 0 Å². The SMILES string of the molecule is CCCN(CC(F)(F)F)c1ccn2nc(C)c(C(=O)Nc3ccncn3)c2n1. The maximum atomic E-state index is 12.9. The van der Waals surface area contributed by atoms with Gasteiger partial charge in [0.2, 0.25) is 0 Å². The molecule has 0 unspecified atom stereocenters. The lowest BCUT2D eigenvalue weighted by molar-refractivity contribution is -0.119. The number of alkyl halides is 3. The fraction of sp³-hybridized carbons (Fsp3) is 0.353. The molecule has 1 N–H and O–H groups in total. The third-order valence-corrected chi connectivity index (χ3v) is 3.88. The first-order valence-electron chi connectivity index (χ1n) is 8.53. The van der Waals surface area contributed by atoms with Crippen molar-refractivity contribution in [2.24, 2.45) is 0 Å². The lowest BCUT2D eigenvalue weighted by Crippen LogP contribution is -2.35. The minimum absolute atomic E-state index is 0.127. The van der Waals surface area contributed by atoms with Crippen molar-refractivity contribution in [2.45, 2.75) is 26.4 Å². The summed E-state index contributed by atoms with van der Waals surface area (Å²) in [5.74, 6) is -0.0871. The van der Waals surface area contributed by atoms with Gasteiger partial charge in [0.25, 0.3) is 5.91 Å². The van der Waals surface area contributed by atoms with Crippen LogP contribution >= 0.6 is 0 Å². The van der Waals surface area contributed by atoms with Gasteiger partial charge in [-0.2, -0.15) is 18.3 Å². The number of carbonyl (C=O) groups is 1. The molecule has 148 valence electrons. The van der Waals surface area contributed by atoms with Crippen LogP contribution in [0.1, 0.15) is 29.4 Å². The molecule has 3 aromatic rings. The Morgan fingerprint density at radius 2 is 2.11 bits per heavy atom. The lowest BCUT2D eigenvalue weighted by Gasteiger charge is -2.24. The van der Waals surface area contributed by atoms with Crippen LogP contribution in [-0.2, 0) is 0 Å². The molecule has 0 saturated heterocycles. The van der Waals surface area contributed by atoms with E-state index in [0.717, 1.165) is 4.90 Å². The molecule has 0 atom stereocenters. The molecule has 0 fully saturated rings. The second-order valence-corrected chi connectivity index (χ2v) is 6.10. The first-order valence-corrected chi connectivity index (χ1v) is 8.53. The van der Waals surface area contributed by atoms with Crippen LogP contribution in [-0.4, -0.2) is 49.7 Å².